The van der Waals surface area contributed by atoms with Gasteiger partial charge < -0.3 is 20.5 Å². The van der Waals surface area contributed by atoms with Gasteiger partial charge in [0.2, 0.25) is 0 Å². The molecule has 0 aromatic heterocycles. The maximum atomic E-state index is 12.0. The van der Waals surface area contributed by atoms with Gasteiger partial charge >= 0.3 is 6.61 Å². The van der Waals surface area contributed by atoms with Gasteiger partial charge in [0.15, 0.2) is 5.11 Å². The van der Waals surface area contributed by atoms with Crippen LogP contribution < -0.4 is 15.4 Å². The molecule has 0 saturated heterocycles. The smallest absolute Gasteiger partial charge is 0.387 e. The van der Waals surface area contributed by atoms with Gasteiger partial charge in [0.1, 0.15) is 5.75 Å². The highest BCUT2D eigenvalue weighted by Crippen LogP contribution is 2.17. The lowest BCUT2D eigenvalue weighted by Gasteiger charge is -2.17. The van der Waals surface area contributed by atoms with E-state index in [0.29, 0.717) is 10.8 Å². The second kappa shape index (κ2) is 7.85. The number of aliphatic hydroxyl groups excluding tert-OH is 1. The van der Waals surface area contributed by atoms with Crippen molar-refractivity contribution >= 4 is 23.0 Å². The largest absolute Gasteiger partial charge is 0.435 e. The SMILES string of the molecule is CC[C@H](CO)NC(=S)Nc1ccc(OC(F)F)cc1. The maximum absolute atomic E-state index is 12.0. The summed E-state index contributed by atoms with van der Waals surface area (Å²) >= 11 is 5.06. The van der Waals surface area contributed by atoms with E-state index < -0.39 is 6.61 Å². The van der Waals surface area contributed by atoms with Crippen molar-refractivity contribution in [3.63, 3.8) is 0 Å². The number of anilines is 1. The zero-order valence-corrected chi connectivity index (χ0v) is 11.2. The summed E-state index contributed by atoms with van der Waals surface area (Å²) in [7, 11) is 0. The topological polar surface area (TPSA) is 53.5 Å². The van der Waals surface area contributed by atoms with E-state index in [1.807, 2.05) is 6.92 Å². The van der Waals surface area contributed by atoms with E-state index >= 15 is 0 Å². The molecule has 0 heterocycles. The van der Waals surface area contributed by atoms with Gasteiger partial charge in [0.25, 0.3) is 0 Å². The summed E-state index contributed by atoms with van der Waals surface area (Å²) in [5.41, 5.74) is 0.645. The summed E-state index contributed by atoms with van der Waals surface area (Å²) in [6, 6.07) is 5.87. The van der Waals surface area contributed by atoms with Crippen LogP contribution in [0.4, 0.5) is 14.5 Å². The highest BCUT2D eigenvalue weighted by Gasteiger charge is 2.07. The van der Waals surface area contributed by atoms with Crippen LogP contribution in [-0.2, 0) is 0 Å². The van der Waals surface area contributed by atoms with Crippen LogP contribution in [0, 0.1) is 0 Å². The van der Waals surface area contributed by atoms with Crippen molar-refractivity contribution in [2.45, 2.75) is 26.0 Å². The molecule has 3 N–H and O–H groups in total. The zero-order valence-electron chi connectivity index (χ0n) is 10.4. The van der Waals surface area contributed by atoms with Gasteiger partial charge in [-0.1, -0.05) is 6.92 Å². The molecule has 0 bridgehead atoms. The molecule has 0 spiro atoms. The van der Waals surface area contributed by atoms with Gasteiger partial charge in [-0.3, -0.25) is 0 Å². The first kappa shape index (κ1) is 15.6. The molecule has 0 unspecified atom stereocenters. The Morgan fingerprint density at radius 2 is 2.00 bits per heavy atom. The lowest BCUT2D eigenvalue weighted by molar-refractivity contribution is -0.0498. The van der Waals surface area contributed by atoms with Crippen LogP contribution in [0.3, 0.4) is 0 Å². The number of thiocarbonyl (C=S) groups is 1. The number of halogens is 2. The lowest BCUT2D eigenvalue weighted by atomic mass is 10.2. The summed E-state index contributed by atoms with van der Waals surface area (Å²) in [6.45, 7) is -0.927. The molecule has 1 aromatic rings. The Labute approximate surface area is 115 Å². The van der Waals surface area contributed by atoms with Gasteiger partial charge in [0, 0.05) is 5.69 Å². The standard InChI is InChI=1S/C12H16F2N2O2S/c1-2-8(7-17)15-12(19)16-9-3-5-10(6-4-9)18-11(13)14/h3-6,8,11,17H,2,7H2,1H3,(H2,15,16,19)/t8-/m1/s1. The molecule has 1 rings (SSSR count). The van der Waals surface area contributed by atoms with Gasteiger partial charge in [-0.2, -0.15) is 8.78 Å². The summed E-state index contributed by atoms with van der Waals surface area (Å²) in [5.74, 6) is 0.0845. The predicted octanol–water partition coefficient (Wildman–Crippen LogP) is 2.35. The number of nitrogens with one attached hydrogen (secondary N) is 2. The van der Waals surface area contributed by atoms with Crippen molar-refractivity contribution in [3.8, 4) is 5.75 Å². The Hall–Kier alpha value is -1.47. The van der Waals surface area contributed by atoms with E-state index in [1.54, 1.807) is 12.1 Å². The molecule has 0 aliphatic rings. The number of hydrogen-bond donors (Lipinski definition) is 3. The second-order valence-electron chi connectivity index (χ2n) is 3.79. The van der Waals surface area contributed by atoms with Crippen LogP contribution in [-0.4, -0.2) is 29.5 Å². The van der Waals surface area contributed by atoms with Crippen molar-refractivity contribution in [2.75, 3.05) is 11.9 Å². The Balaban J connectivity index is 2.50. The van der Waals surface area contributed by atoms with E-state index in [-0.39, 0.29) is 18.4 Å². The fourth-order valence-corrected chi connectivity index (χ4v) is 1.63. The molecule has 0 fully saturated rings. The molecule has 1 atom stereocenters. The Bertz CT molecular complexity index is 397. The first-order valence-electron chi connectivity index (χ1n) is 5.78. The van der Waals surface area contributed by atoms with Crippen molar-refractivity contribution in [1.29, 1.82) is 0 Å². The number of hydrogen-bond acceptors (Lipinski definition) is 3. The first-order valence-corrected chi connectivity index (χ1v) is 6.19. The van der Waals surface area contributed by atoms with Gasteiger partial charge in [-0.05, 0) is 42.9 Å². The third kappa shape index (κ3) is 5.80. The number of aliphatic hydroxyl groups is 1. The fraction of sp³-hybridized carbons (Fsp3) is 0.417. The van der Waals surface area contributed by atoms with Gasteiger partial charge in [-0.15, -0.1) is 0 Å². The van der Waals surface area contributed by atoms with Crippen molar-refractivity contribution in [1.82, 2.24) is 5.32 Å². The molecule has 0 radical (unpaired) electrons. The minimum atomic E-state index is -2.84. The fourth-order valence-electron chi connectivity index (χ4n) is 1.35. The van der Waals surface area contributed by atoms with E-state index in [2.05, 4.69) is 15.4 Å². The van der Waals surface area contributed by atoms with E-state index in [9.17, 15) is 8.78 Å². The van der Waals surface area contributed by atoms with E-state index in [1.165, 1.54) is 12.1 Å². The molecule has 0 aliphatic carbocycles. The van der Waals surface area contributed by atoms with Crippen LogP contribution in [0.2, 0.25) is 0 Å². The highest BCUT2D eigenvalue weighted by atomic mass is 32.1. The Morgan fingerprint density at radius 3 is 2.47 bits per heavy atom. The minimum Gasteiger partial charge on any atom is -0.435 e. The lowest BCUT2D eigenvalue weighted by Crippen LogP contribution is -2.39. The number of alkyl halides is 2. The summed E-state index contributed by atoms with van der Waals surface area (Å²) in [6.07, 6.45) is 0.736. The molecule has 1 aromatic carbocycles. The zero-order chi connectivity index (χ0) is 14.3. The molecule has 7 heteroatoms. The van der Waals surface area contributed by atoms with Crippen molar-refractivity contribution < 1.29 is 18.6 Å². The van der Waals surface area contributed by atoms with Crippen LogP contribution in [0.5, 0.6) is 5.75 Å². The Kier molecular flexibility index (Phi) is 6.44. The third-order valence-corrected chi connectivity index (χ3v) is 2.61. The average Bonchev–Trinajstić information content (AvgIpc) is 2.37. The molecule has 19 heavy (non-hydrogen) atoms. The van der Waals surface area contributed by atoms with E-state index in [0.717, 1.165) is 6.42 Å². The minimum absolute atomic E-state index is 0.0144. The number of ether oxygens (including phenoxy) is 1. The molecule has 0 aliphatic heterocycles. The summed E-state index contributed by atoms with van der Waals surface area (Å²) in [5, 5.41) is 15.2. The molecule has 4 nitrogen and oxygen atoms in total. The van der Waals surface area contributed by atoms with Crippen LogP contribution in [0.15, 0.2) is 24.3 Å². The number of rotatable bonds is 6. The van der Waals surface area contributed by atoms with Gasteiger partial charge in [-0.25, -0.2) is 0 Å². The monoisotopic (exact) mass is 290 g/mol. The average molecular weight is 290 g/mol. The Morgan fingerprint density at radius 1 is 1.37 bits per heavy atom. The van der Waals surface area contributed by atoms with Crippen LogP contribution in [0.25, 0.3) is 0 Å². The number of benzene rings is 1. The quantitative estimate of drug-likeness (QED) is 0.702. The highest BCUT2D eigenvalue weighted by molar-refractivity contribution is 7.80. The molecule has 106 valence electrons. The summed E-state index contributed by atoms with van der Waals surface area (Å²) < 4.78 is 28.2. The molecule has 0 saturated carbocycles. The molecule has 0 amide bonds. The summed E-state index contributed by atoms with van der Waals surface area (Å²) in [4.78, 5) is 0. The maximum Gasteiger partial charge on any atom is 0.387 e. The normalized spacial score (nSPS) is 12.1. The molecular weight excluding hydrogens is 274 g/mol. The van der Waals surface area contributed by atoms with Crippen LogP contribution >= 0.6 is 12.2 Å². The third-order valence-electron chi connectivity index (χ3n) is 2.39. The van der Waals surface area contributed by atoms with Crippen molar-refractivity contribution in [3.05, 3.63) is 24.3 Å². The predicted molar refractivity (Wildman–Crippen MR) is 73.6 cm³/mol. The second-order valence-corrected chi connectivity index (χ2v) is 4.20. The van der Waals surface area contributed by atoms with Gasteiger partial charge in [0.05, 0.1) is 12.6 Å². The van der Waals surface area contributed by atoms with E-state index in [4.69, 9.17) is 17.3 Å². The van der Waals surface area contributed by atoms with Crippen molar-refractivity contribution in [2.24, 2.45) is 0 Å². The first-order chi connectivity index (χ1) is 9.05. The van der Waals surface area contributed by atoms with Crippen LogP contribution in [0.1, 0.15) is 13.3 Å². The molecular formula is C12H16F2N2O2S.